The highest BCUT2D eigenvalue weighted by Gasteiger charge is 2.56. The second-order valence-corrected chi connectivity index (χ2v) is 8.70. The number of amides is 1. The molecule has 0 aromatic heterocycles. The van der Waals surface area contributed by atoms with Gasteiger partial charge in [-0.2, -0.15) is 0 Å². The summed E-state index contributed by atoms with van der Waals surface area (Å²) in [5.41, 5.74) is 0.327. The third-order valence-corrected chi connectivity index (χ3v) is 6.29. The Morgan fingerprint density at radius 1 is 1.33 bits per heavy atom. The lowest BCUT2D eigenvalue weighted by molar-refractivity contribution is -0.139. The molecule has 3 aliphatic rings. The molecule has 3 heterocycles. The van der Waals surface area contributed by atoms with Crippen LogP contribution in [-0.4, -0.2) is 53.0 Å². The van der Waals surface area contributed by atoms with Gasteiger partial charge in [0.25, 0.3) is 0 Å². The number of benzene rings is 1. The fourth-order valence-electron chi connectivity index (χ4n) is 5.26. The summed E-state index contributed by atoms with van der Waals surface area (Å²) in [5, 5.41) is 3.33. The van der Waals surface area contributed by atoms with Gasteiger partial charge in [-0.3, -0.25) is 9.69 Å². The third-order valence-electron chi connectivity index (χ3n) is 6.29. The lowest BCUT2D eigenvalue weighted by Crippen LogP contribution is -2.59. The summed E-state index contributed by atoms with van der Waals surface area (Å²) >= 11 is 0. The highest BCUT2D eigenvalue weighted by atomic mass is 19.1. The Kier molecular flexibility index (Phi) is 4.97. The maximum Gasteiger partial charge on any atom is 0.240 e. The number of carbonyl (C=O) groups is 1. The molecular weight excluding hydrogens is 348 g/mol. The molecular formula is C21H28F2N3O. The number of nitrogens with one attached hydrogen (secondary N) is 1. The van der Waals surface area contributed by atoms with Crippen LogP contribution in [-0.2, 0) is 11.3 Å². The molecule has 3 atom stereocenters. The van der Waals surface area contributed by atoms with Gasteiger partial charge < -0.3 is 10.2 Å². The largest absolute Gasteiger partial charge is 0.333 e. The minimum absolute atomic E-state index is 0.0543. The average Bonchev–Trinajstić information content (AvgIpc) is 3.30. The first kappa shape index (κ1) is 18.8. The molecule has 0 unspecified atom stereocenters. The van der Waals surface area contributed by atoms with E-state index in [1.165, 1.54) is 18.1 Å². The Balaban J connectivity index is 1.53. The maximum absolute atomic E-state index is 14.1. The highest BCUT2D eigenvalue weighted by molar-refractivity contribution is 5.83. The van der Waals surface area contributed by atoms with Crippen LogP contribution in [0.2, 0.25) is 0 Å². The van der Waals surface area contributed by atoms with Crippen LogP contribution in [0.3, 0.4) is 0 Å². The zero-order valence-corrected chi connectivity index (χ0v) is 16.1. The number of likely N-dealkylation sites (tertiary alicyclic amines) is 2. The second-order valence-electron chi connectivity index (χ2n) is 8.70. The van der Waals surface area contributed by atoms with Crippen LogP contribution in [0.25, 0.3) is 0 Å². The Morgan fingerprint density at radius 3 is 2.81 bits per heavy atom. The molecule has 4 nitrogen and oxygen atoms in total. The SMILES string of the molecule is C[C](C)C[C@@]12C[C@@H](CN1C(=O)[C@@H]1CCCN1)N(Cc1ccc(F)cc1F)C2. The van der Waals surface area contributed by atoms with E-state index in [0.717, 1.165) is 44.8 Å². The third kappa shape index (κ3) is 3.49. The molecule has 3 saturated heterocycles. The number of hydrogen-bond donors (Lipinski definition) is 1. The molecule has 3 fully saturated rings. The Morgan fingerprint density at radius 2 is 2.15 bits per heavy atom. The van der Waals surface area contributed by atoms with Crippen molar-refractivity contribution in [1.82, 2.24) is 15.1 Å². The van der Waals surface area contributed by atoms with E-state index in [2.05, 4.69) is 29.0 Å². The Labute approximate surface area is 159 Å². The average molecular weight is 376 g/mol. The highest BCUT2D eigenvalue weighted by Crippen LogP contribution is 2.45. The molecule has 0 spiro atoms. The van der Waals surface area contributed by atoms with Crippen molar-refractivity contribution in [3.05, 3.63) is 41.3 Å². The molecule has 0 saturated carbocycles. The molecule has 1 radical (unpaired) electrons. The van der Waals surface area contributed by atoms with Crippen LogP contribution < -0.4 is 5.32 Å². The van der Waals surface area contributed by atoms with Gasteiger partial charge in [-0.25, -0.2) is 8.78 Å². The summed E-state index contributed by atoms with van der Waals surface area (Å²) in [5.74, 6) is 0.493. The first-order valence-electron chi connectivity index (χ1n) is 9.90. The van der Waals surface area contributed by atoms with E-state index in [9.17, 15) is 13.6 Å². The Hall–Kier alpha value is -1.53. The summed E-state index contributed by atoms with van der Waals surface area (Å²) in [7, 11) is 0. The van der Waals surface area contributed by atoms with Crippen molar-refractivity contribution in [2.24, 2.45) is 0 Å². The molecule has 0 aliphatic carbocycles. The van der Waals surface area contributed by atoms with Crippen LogP contribution in [0.4, 0.5) is 8.78 Å². The van der Waals surface area contributed by atoms with E-state index in [0.29, 0.717) is 18.7 Å². The van der Waals surface area contributed by atoms with Crippen LogP contribution >= 0.6 is 0 Å². The van der Waals surface area contributed by atoms with Gasteiger partial charge in [-0.15, -0.1) is 0 Å². The van der Waals surface area contributed by atoms with E-state index in [4.69, 9.17) is 0 Å². The standard InChI is InChI=1S/C21H28F2N3O/c1-14(2)9-21-10-17(12-26(21)20(27)19-4-3-7-24-19)25(13-21)11-15-5-6-16(22)8-18(15)23/h5-6,8,17,19,24H,3-4,7,9-13H2,1-2H3/t17-,19-,21-/m0/s1. The lowest BCUT2D eigenvalue weighted by atomic mass is 9.87. The number of fused-ring (bicyclic) bond motifs is 2. The van der Waals surface area contributed by atoms with Gasteiger partial charge in [0.1, 0.15) is 11.6 Å². The second kappa shape index (κ2) is 7.13. The van der Waals surface area contributed by atoms with Crippen molar-refractivity contribution in [2.75, 3.05) is 19.6 Å². The van der Waals surface area contributed by atoms with Crippen molar-refractivity contribution in [3.63, 3.8) is 0 Å². The maximum atomic E-state index is 14.1. The minimum Gasteiger partial charge on any atom is -0.333 e. The van der Waals surface area contributed by atoms with Crippen LogP contribution in [0.15, 0.2) is 18.2 Å². The van der Waals surface area contributed by atoms with Crippen LogP contribution in [0, 0.1) is 17.6 Å². The first-order chi connectivity index (χ1) is 12.9. The molecule has 2 bridgehead atoms. The molecule has 27 heavy (non-hydrogen) atoms. The van der Waals surface area contributed by atoms with E-state index in [1.54, 1.807) is 0 Å². The van der Waals surface area contributed by atoms with Crippen molar-refractivity contribution in [1.29, 1.82) is 0 Å². The van der Waals surface area contributed by atoms with Crippen LogP contribution in [0.5, 0.6) is 0 Å². The summed E-state index contributed by atoms with van der Waals surface area (Å²) in [4.78, 5) is 17.5. The van der Waals surface area contributed by atoms with Crippen molar-refractivity contribution < 1.29 is 13.6 Å². The van der Waals surface area contributed by atoms with Gasteiger partial charge in [0.05, 0.1) is 11.6 Å². The number of carbonyl (C=O) groups excluding carboxylic acids is 1. The van der Waals surface area contributed by atoms with E-state index in [1.807, 2.05) is 0 Å². The molecule has 6 heteroatoms. The molecule has 1 aromatic carbocycles. The van der Waals surface area contributed by atoms with Gasteiger partial charge >= 0.3 is 0 Å². The number of rotatable bonds is 5. The van der Waals surface area contributed by atoms with Crippen molar-refractivity contribution in [3.8, 4) is 0 Å². The monoisotopic (exact) mass is 376 g/mol. The van der Waals surface area contributed by atoms with E-state index in [-0.39, 0.29) is 23.5 Å². The normalized spacial score (nSPS) is 30.6. The molecule has 147 valence electrons. The van der Waals surface area contributed by atoms with Gasteiger partial charge in [-0.05, 0) is 44.2 Å². The van der Waals surface area contributed by atoms with E-state index < -0.39 is 11.6 Å². The quantitative estimate of drug-likeness (QED) is 0.858. The van der Waals surface area contributed by atoms with Gasteiger partial charge in [-0.1, -0.05) is 19.9 Å². The predicted molar refractivity (Wildman–Crippen MR) is 99.8 cm³/mol. The molecule has 1 amide bonds. The number of piperazine rings is 1. The van der Waals surface area contributed by atoms with Crippen molar-refractivity contribution in [2.45, 2.75) is 63.7 Å². The summed E-state index contributed by atoms with van der Waals surface area (Å²) in [6.07, 6.45) is 3.77. The lowest BCUT2D eigenvalue weighted by Gasteiger charge is -2.44. The summed E-state index contributed by atoms with van der Waals surface area (Å²) < 4.78 is 27.3. The topological polar surface area (TPSA) is 35.6 Å². The van der Waals surface area contributed by atoms with Crippen LogP contribution in [0.1, 0.15) is 45.1 Å². The number of nitrogens with zero attached hydrogens (tertiary/aromatic N) is 2. The molecule has 3 aliphatic heterocycles. The molecule has 4 rings (SSSR count). The smallest absolute Gasteiger partial charge is 0.240 e. The van der Waals surface area contributed by atoms with Gasteiger partial charge in [0, 0.05) is 37.3 Å². The summed E-state index contributed by atoms with van der Waals surface area (Å²) in [6, 6.07) is 3.98. The minimum atomic E-state index is -0.548. The molecule has 1 N–H and O–H groups in total. The van der Waals surface area contributed by atoms with Gasteiger partial charge in [0.2, 0.25) is 5.91 Å². The zero-order chi connectivity index (χ0) is 19.2. The summed E-state index contributed by atoms with van der Waals surface area (Å²) in [6.45, 7) is 7.05. The van der Waals surface area contributed by atoms with Gasteiger partial charge in [0.15, 0.2) is 0 Å². The van der Waals surface area contributed by atoms with Crippen molar-refractivity contribution >= 4 is 5.91 Å². The van der Waals surface area contributed by atoms with E-state index >= 15 is 0 Å². The predicted octanol–water partition coefficient (Wildman–Crippen LogP) is 2.88. The fourth-order valence-corrected chi connectivity index (χ4v) is 5.26. The molecule has 1 aromatic rings. The Bertz CT molecular complexity index is 719. The fraction of sp³-hybridized carbons (Fsp3) is 0.619. The zero-order valence-electron chi connectivity index (χ0n) is 16.1. The first-order valence-corrected chi connectivity index (χ1v) is 9.90. The number of hydrogen-bond acceptors (Lipinski definition) is 3. The number of halogens is 2.